The molecule has 1 amide bonds. The highest BCUT2D eigenvalue weighted by molar-refractivity contribution is 9.10. The smallest absolute Gasteiger partial charge is 0.257 e. The fourth-order valence-electron chi connectivity index (χ4n) is 2.40. The molecule has 0 aliphatic carbocycles. The first-order valence-corrected chi connectivity index (χ1v) is 8.45. The maximum atomic E-state index is 12.5. The predicted octanol–water partition coefficient (Wildman–Crippen LogP) is 5.31. The maximum absolute atomic E-state index is 12.5. The van der Waals surface area contributed by atoms with E-state index >= 15 is 0 Å². The highest BCUT2D eigenvalue weighted by Crippen LogP contribution is 2.19. The molecular weight excluding hydrogens is 364 g/mol. The van der Waals surface area contributed by atoms with Crippen molar-refractivity contribution in [1.29, 1.82) is 0 Å². The van der Waals surface area contributed by atoms with Crippen molar-refractivity contribution in [2.75, 3.05) is 10.6 Å². The SMILES string of the molecule is O=C(Nc1ccccc1)c1ccccc1NCc1cccc(Br)c1. The topological polar surface area (TPSA) is 41.1 Å². The first-order chi connectivity index (χ1) is 11.7. The molecule has 0 heterocycles. The van der Waals surface area contributed by atoms with E-state index in [0.717, 1.165) is 21.4 Å². The molecule has 0 saturated carbocycles. The van der Waals surface area contributed by atoms with Crippen molar-refractivity contribution in [3.05, 3.63) is 94.5 Å². The van der Waals surface area contributed by atoms with Crippen LogP contribution in [-0.4, -0.2) is 5.91 Å². The molecule has 0 spiro atoms. The summed E-state index contributed by atoms with van der Waals surface area (Å²) in [5, 5.41) is 6.26. The van der Waals surface area contributed by atoms with Crippen LogP contribution in [-0.2, 0) is 6.54 Å². The summed E-state index contributed by atoms with van der Waals surface area (Å²) in [6, 6.07) is 25.1. The van der Waals surface area contributed by atoms with Crippen molar-refractivity contribution in [1.82, 2.24) is 0 Å². The number of anilines is 2. The minimum atomic E-state index is -0.126. The Hall–Kier alpha value is -2.59. The molecular formula is C20H17BrN2O. The van der Waals surface area contributed by atoms with Gasteiger partial charge < -0.3 is 10.6 Å². The van der Waals surface area contributed by atoms with Crippen LogP contribution in [0.5, 0.6) is 0 Å². The number of benzene rings is 3. The number of hydrogen-bond donors (Lipinski definition) is 2. The van der Waals surface area contributed by atoms with Gasteiger partial charge >= 0.3 is 0 Å². The molecule has 3 aromatic carbocycles. The average Bonchev–Trinajstić information content (AvgIpc) is 2.61. The zero-order valence-electron chi connectivity index (χ0n) is 13.0. The van der Waals surface area contributed by atoms with Gasteiger partial charge in [-0.15, -0.1) is 0 Å². The van der Waals surface area contributed by atoms with Crippen LogP contribution in [0.1, 0.15) is 15.9 Å². The van der Waals surface area contributed by atoms with E-state index in [1.807, 2.05) is 72.8 Å². The van der Waals surface area contributed by atoms with Crippen molar-refractivity contribution in [3.63, 3.8) is 0 Å². The molecule has 3 aromatic rings. The number of hydrogen-bond acceptors (Lipinski definition) is 2. The first kappa shape index (κ1) is 16.3. The fourth-order valence-corrected chi connectivity index (χ4v) is 2.85. The van der Waals surface area contributed by atoms with E-state index in [1.54, 1.807) is 0 Å². The van der Waals surface area contributed by atoms with E-state index in [2.05, 4.69) is 32.6 Å². The largest absolute Gasteiger partial charge is 0.380 e. The lowest BCUT2D eigenvalue weighted by Gasteiger charge is -2.12. The Balaban J connectivity index is 1.74. The van der Waals surface area contributed by atoms with Crippen molar-refractivity contribution in [2.24, 2.45) is 0 Å². The molecule has 0 atom stereocenters. The van der Waals surface area contributed by atoms with Gasteiger partial charge in [0.15, 0.2) is 0 Å². The molecule has 0 aliphatic heterocycles. The Bertz CT molecular complexity index is 834. The van der Waals surface area contributed by atoms with Crippen LogP contribution < -0.4 is 10.6 Å². The minimum Gasteiger partial charge on any atom is -0.380 e. The maximum Gasteiger partial charge on any atom is 0.257 e. The van der Waals surface area contributed by atoms with Crippen LogP contribution in [0.15, 0.2) is 83.3 Å². The normalized spacial score (nSPS) is 10.2. The van der Waals surface area contributed by atoms with Gasteiger partial charge in [-0.05, 0) is 42.0 Å². The molecule has 120 valence electrons. The number of para-hydroxylation sites is 2. The van der Waals surface area contributed by atoms with Gasteiger partial charge in [0.2, 0.25) is 0 Å². The fraction of sp³-hybridized carbons (Fsp3) is 0.0500. The molecule has 4 heteroatoms. The summed E-state index contributed by atoms with van der Waals surface area (Å²) in [7, 11) is 0. The molecule has 3 nitrogen and oxygen atoms in total. The van der Waals surface area contributed by atoms with Crippen LogP contribution in [0.25, 0.3) is 0 Å². The monoisotopic (exact) mass is 380 g/mol. The Labute approximate surface area is 149 Å². The molecule has 0 radical (unpaired) electrons. The Morgan fingerprint density at radius 3 is 2.42 bits per heavy atom. The Kier molecular flexibility index (Phi) is 5.29. The number of carbonyl (C=O) groups is 1. The molecule has 0 aromatic heterocycles. The van der Waals surface area contributed by atoms with Crippen molar-refractivity contribution >= 4 is 33.2 Å². The van der Waals surface area contributed by atoms with Gasteiger partial charge in [-0.2, -0.15) is 0 Å². The standard InChI is InChI=1S/C20H17BrN2O/c21-16-8-6-7-15(13-16)14-22-19-12-5-4-11-18(19)20(24)23-17-9-2-1-3-10-17/h1-13,22H,14H2,(H,23,24). The number of nitrogens with one attached hydrogen (secondary N) is 2. The lowest BCUT2D eigenvalue weighted by atomic mass is 10.1. The van der Waals surface area contributed by atoms with Crippen LogP contribution in [0.3, 0.4) is 0 Å². The molecule has 2 N–H and O–H groups in total. The van der Waals surface area contributed by atoms with Crippen LogP contribution in [0.2, 0.25) is 0 Å². The molecule has 24 heavy (non-hydrogen) atoms. The van der Waals surface area contributed by atoms with Gasteiger partial charge in [0.05, 0.1) is 5.56 Å². The molecule has 0 saturated heterocycles. The average molecular weight is 381 g/mol. The number of halogens is 1. The summed E-state index contributed by atoms with van der Waals surface area (Å²) in [5.74, 6) is -0.126. The van der Waals surface area contributed by atoms with E-state index in [4.69, 9.17) is 0 Å². The van der Waals surface area contributed by atoms with E-state index in [-0.39, 0.29) is 5.91 Å². The highest BCUT2D eigenvalue weighted by Gasteiger charge is 2.11. The van der Waals surface area contributed by atoms with Gasteiger partial charge in [-0.1, -0.05) is 58.4 Å². The highest BCUT2D eigenvalue weighted by atomic mass is 79.9. The summed E-state index contributed by atoms with van der Waals surface area (Å²) >= 11 is 3.47. The zero-order valence-corrected chi connectivity index (χ0v) is 14.6. The van der Waals surface area contributed by atoms with E-state index in [0.29, 0.717) is 12.1 Å². The van der Waals surface area contributed by atoms with E-state index in [9.17, 15) is 4.79 Å². The van der Waals surface area contributed by atoms with Crippen molar-refractivity contribution in [3.8, 4) is 0 Å². The predicted molar refractivity (Wildman–Crippen MR) is 102 cm³/mol. The van der Waals surface area contributed by atoms with Gasteiger partial charge in [0, 0.05) is 22.4 Å². The first-order valence-electron chi connectivity index (χ1n) is 7.66. The van der Waals surface area contributed by atoms with Crippen LogP contribution in [0, 0.1) is 0 Å². The quantitative estimate of drug-likeness (QED) is 0.629. The third-order valence-corrected chi connectivity index (χ3v) is 4.07. The van der Waals surface area contributed by atoms with Crippen molar-refractivity contribution < 1.29 is 4.79 Å². The summed E-state index contributed by atoms with van der Waals surface area (Å²) in [5.41, 5.74) is 3.36. The second kappa shape index (κ2) is 7.79. The van der Waals surface area contributed by atoms with E-state index in [1.165, 1.54) is 0 Å². The van der Waals surface area contributed by atoms with Gasteiger partial charge in [0.1, 0.15) is 0 Å². The molecule has 3 rings (SSSR count). The molecule has 0 aliphatic rings. The molecule has 0 fully saturated rings. The molecule has 0 bridgehead atoms. The minimum absolute atomic E-state index is 0.126. The van der Waals surface area contributed by atoms with Crippen LogP contribution in [0.4, 0.5) is 11.4 Å². The van der Waals surface area contributed by atoms with Crippen molar-refractivity contribution in [2.45, 2.75) is 6.54 Å². The number of carbonyl (C=O) groups excluding carboxylic acids is 1. The summed E-state index contributed by atoms with van der Waals surface area (Å²) in [6.45, 7) is 0.648. The van der Waals surface area contributed by atoms with Crippen LogP contribution >= 0.6 is 15.9 Å². The van der Waals surface area contributed by atoms with Gasteiger partial charge in [-0.3, -0.25) is 4.79 Å². The Morgan fingerprint density at radius 1 is 0.875 bits per heavy atom. The lowest BCUT2D eigenvalue weighted by molar-refractivity contribution is 0.102. The number of amides is 1. The second-order valence-corrected chi connectivity index (χ2v) is 6.26. The van der Waals surface area contributed by atoms with Gasteiger partial charge in [-0.25, -0.2) is 0 Å². The summed E-state index contributed by atoms with van der Waals surface area (Å²) in [6.07, 6.45) is 0. The van der Waals surface area contributed by atoms with Gasteiger partial charge in [0.25, 0.3) is 5.91 Å². The third kappa shape index (κ3) is 4.24. The summed E-state index contributed by atoms with van der Waals surface area (Å²) in [4.78, 5) is 12.5. The lowest BCUT2D eigenvalue weighted by Crippen LogP contribution is -2.14. The molecule has 0 unspecified atom stereocenters. The Morgan fingerprint density at radius 2 is 1.62 bits per heavy atom. The zero-order chi connectivity index (χ0) is 16.8. The second-order valence-electron chi connectivity index (χ2n) is 5.35. The third-order valence-electron chi connectivity index (χ3n) is 3.58. The summed E-state index contributed by atoms with van der Waals surface area (Å²) < 4.78 is 1.04. The number of rotatable bonds is 5. The van der Waals surface area contributed by atoms with E-state index < -0.39 is 0 Å².